The molecule has 1 aromatic carbocycles. The standard InChI is InChI=1S/C14H20ClNO3/c1-4-16(8-10(2)14(17)18)9-11-5-6-13(19-3)12(15)7-11/h5-7,10H,4,8-9H2,1-3H3,(H,17,18). The zero-order valence-corrected chi connectivity index (χ0v) is 12.3. The van der Waals surface area contributed by atoms with Crippen molar-refractivity contribution in [3.8, 4) is 5.75 Å². The first-order chi connectivity index (χ1) is 8.97. The molecule has 4 nitrogen and oxygen atoms in total. The Kier molecular flexibility index (Phi) is 6.12. The average molecular weight is 286 g/mol. The lowest BCUT2D eigenvalue weighted by atomic mass is 10.1. The first-order valence-electron chi connectivity index (χ1n) is 6.25. The fourth-order valence-corrected chi connectivity index (χ4v) is 2.12. The molecule has 0 heterocycles. The molecular formula is C14H20ClNO3. The number of nitrogens with zero attached hydrogens (tertiary/aromatic N) is 1. The van der Waals surface area contributed by atoms with Gasteiger partial charge in [0.1, 0.15) is 5.75 Å². The van der Waals surface area contributed by atoms with Crippen LogP contribution in [-0.2, 0) is 11.3 Å². The largest absolute Gasteiger partial charge is 0.495 e. The van der Waals surface area contributed by atoms with Gasteiger partial charge >= 0.3 is 5.97 Å². The number of ether oxygens (including phenoxy) is 1. The van der Waals surface area contributed by atoms with Crippen molar-refractivity contribution in [2.75, 3.05) is 20.2 Å². The van der Waals surface area contributed by atoms with Gasteiger partial charge in [0.05, 0.1) is 18.1 Å². The van der Waals surface area contributed by atoms with E-state index < -0.39 is 5.97 Å². The summed E-state index contributed by atoms with van der Waals surface area (Å²) in [6.45, 7) is 5.72. The van der Waals surface area contributed by atoms with E-state index in [1.54, 1.807) is 14.0 Å². The summed E-state index contributed by atoms with van der Waals surface area (Å²) in [6, 6.07) is 5.62. The number of methoxy groups -OCH3 is 1. The van der Waals surface area contributed by atoms with E-state index in [9.17, 15) is 4.79 Å². The number of carboxylic acids is 1. The third kappa shape index (κ3) is 4.73. The second kappa shape index (κ2) is 7.36. The van der Waals surface area contributed by atoms with Gasteiger partial charge in [-0.3, -0.25) is 9.69 Å². The first-order valence-corrected chi connectivity index (χ1v) is 6.63. The van der Waals surface area contributed by atoms with E-state index in [1.807, 2.05) is 25.1 Å². The molecule has 0 aliphatic heterocycles. The number of halogens is 1. The fraction of sp³-hybridized carbons (Fsp3) is 0.500. The summed E-state index contributed by atoms with van der Waals surface area (Å²) >= 11 is 6.07. The van der Waals surface area contributed by atoms with Crippen LogP contribution in [0.25, 0.3) is 0 Å². The molecule has 1 rings (SSSR count). The molecule has 0 fully saturated rings. The van der Waals surface area contributed by atoms with Crippen LogP contribution in [0.2, 0.25) is 5.02 Å². The number of carbonyl (C=O) groups is 1. The summed E-state index contributed by atoms with van der Waals surface area (Å²) in [6.07, 6.45) is 0. The van der Waals surface area contributed by atoms with E-state index >= 15 is 0 Å². The third-order valence-corrected chi connectivity index (χ3v) is 3.32. The highest BCUT2D eigenvalue weighted by Gasteiger charge is 2.15. The lowest BCUT2D eigenvalue weighted by Gasteiger charge is -2.22. The maximum atomic E-state index is 10.9. The molecule has 0 aliphatic carbocycles. The quantitative estimate of drug-likeness (QED) is 0.837. The van der Waals surface area contributed by atoms with Gasteiger partial charge in [-0.2, -0.15) is 0 Å². The molecule has 1 unspecified atom stereocenters. The summed E-state index contributed by atoms with van der Waals surface area (Å²) in [5, 5.41) is 9.51. The van der Waals surface area contributed by atoms with Gasteiger partial charge in [-0.05, 0) is 24.2 Å². The summed E-state index contributed by atoms with van der Waals surface area (Å²) in [5.74, 6) is -0.507. The Hall–Kier alpha value is -1.26. The van der Waals surface area contributed by atoms with Crippen LogP contribution in [0.5, 0.6) is 5.75 Å². The van der Waals surface area contributed by atoms with Crippen LogP contribution < -0.4 is 4.74 Å². The molecule has 0 aromatic heterocycles. The summed E-state index contributed by atoms with van der Waals surface area (Å²) in [5.41, 5.74) is 1.05. The lowest BCUT2D eigenvalue weighted by molar-refractivity contribution is -0.141. The predicted octanol–water partition coefficient (Wildman–Crippen LogP) is 2.89. The lowest BCUT2D eigenvalue weighted by Crippen LogP contribution is -2.31. The van der Waals surface area contributed by atoms with Gasteiger partial charge in [0.2, 0.25) is 0 Å². The summed E-state index contributed by atoms with van der Waals surface area (Å²) in [4.78, 5) is 13.0. The molecule has 106 valence electrons. The Labute approximate surface area is 118 Å². The van der Waals surface area contributed by atoms with Crippen LogP contribution in [-0.4, -0.2) is 36.2 Å². The van der Waals surface area contributed by atoms with Crippen LogP contribution in [0.1, 0.15) is 19.4 Å². The predicted molar refractivity (Wildman–Crippen MR) is 75.8 cm³/mol. The Morgan fingerprint density at radius 3 is 2.68 bits per heavy atom. The van der Waals surface area contributed by atoms with E-state index in [1.165, 1.54) is 0 Å². The number of hydrogen-bond acceptors (Lipinski definition) is 3. The Bertz CT molecular complexity index is 437. The van der Waals surface area contributed by atoms with Crippen molar-refractivity contribution in [1.29, 1.82) is 0 Å². The number of benzene rings is 1. The minimum absolute atomic E-state index is 0.381. The molecule has 0 saturated carbocycles. The van der Waals surface area contributed by atoms with Crippen molar-refractivity contribution in [2.45, 2.75) is 20.4 Å². The monoisotopic (exact) mass is 285 g/mol. The molecule has 0 amide bonds. The van der Waals surface area contributed by atoms with Crippen LogP contribution in [0, 0.1) is 5.92 Å². The number of carboxylic acid groups (broad SMARTS) is 1. The van der Waals surface area contributed by atoms with E-state index in [0.29, 0.717) is 23.9 Å². The Morgan fingerprint density at radius 2 is 2.21 bits per heavy atom. The van der Waals surface area contributed by atoms with Gasteiger partial charge < -0.3 is 9.84 Å². The second-order valence-corrected chi connectivity index (χ2v) is 4.94. The molecule has 1 atom stereocenters. The van der Waals surface area contributed by atoms with Crippen molar-refractivity contribution in [3.05, 3.63) is 28.8 Å². The number of hydrogen-bond donors (Lipinski definition) is 1. The smallest absolute Gasteiger partial charge is 0.307 e. The van der Waals surface area contributed by atoms with Crippen molar-refractivity contribution >= 4 is 17.6 Å². The van der Waals surface area contributed by atoms with Gasteiger partial charge in [-0.15, -0.1) is 0 Å². The van der Waals surface area contributed by atoms with Crippen molar-refractivity contribution in [2.24, 2.45) is 5.92 Å². The fourth-order valence-electron chi connectivity index (χ4n) is 1.84. The van der Waals surface area contributed by atoms with Crippen LogP contribution in [0.15, 0.2) is 18.2 Å². The molecule has 0 aliphatic rings. The molecule has 0 radical (unpaired) electrons. The zero-order valence-electron chi connectivity index (χ0n) is 11.5. The molecule has 1 aromatic rings. The molecular weight excluding hydrogens is 266 g/mol. The molecule has 0 bridgehead atoms. The molecule has 0 spiro atoms. The van der Waals surface area contributed by atoms with Crippen LogP contribution in [0.3, 0.4) is 0 Å². The van der Waals surface area contributed by atoms with Gasteiger partial charge in [0, 0.05) is 13.1 Å². The molecule has 1 N–H and O–H groups in total. The van der Waals surface area contributed by atoms with E-state index in [4.69, 9.17) is 21.4 Å². The Balaban J connectivity index is 2.70. The van der Waals surface area contributed by atoms with Crippen LogP contribution in [0.4, 0.5) is 0 Å². The van der Waals surface area contributed by atoms with E-state index in [2.05, 4.69) is 4.90 Å². The minimum Gasteiger partial charge on any atom is -0.495 e. The third-order valence-electron chi connectivity index (χ3n) is 3.02. The Morgan fingerprint density at radius 1 is 1.53 bits per heavy atom. The molecule has 0 saturated heterocycles. The highest BCUT2D eigenvalue weighted by molar-refractivity contribution is 6.32. The van der Waals surface area contributed by atoms with E-state index in [0.717, 1.165) is 12.1 Å². The normalized spacial score (nSPS) is 12.5. The van der Waals surface area contributed by atoms with Crippen molar-refractivity contribution in [1.82, 2.24) is 4.90 Å². The van der Waals surface area contributed by atoms with Crippen molar-refractivity contribution < 1.29 is 14.6 Å². The SMILES string of the molecule is CCN(Cc1ccc(OC)c(Cl)c1)CC(C)C(=O)O. The molecule has 5 heteroatoms. The highest BCUT2D eigenvalue weighted by atomic mass is 35.5. The van der Waals surface area contributed by atoms with Gasteiger partial charge in [-0.25, -0.2) is 0 Å². The van der Waals surface area contributed by atoms with Gasteiger partial charge in [0.15, 0.2) is 0 Å². The first kappa shape index (κ1) is 15.8. The maximum Gasteiger partial charge on any atom is 0.307 e. The summed E-state index contributed by atoms with van der Waals surface area (Å²) in [7, 11) is 1.58. The maximum absolute atomic E-state index is 10.9. The van der Waals surface area contributed by atoms with Crippen molar-refractivity contribution in [3.63, 3.8) is 0 Å². The average Bonchev–Trinajstić information content (AvgIpc) is 2.37. The van der Waals surface area contributed by atoms with Gasteiger partial charge in [0.25, 0.3) is 0 Å². The zero-order chi connectivity index (χ0) is 14.4. The van der Waals surface area contributed by atoms with E-state index in [-0.39, 0.29) is 5.92 Å². The number of rotatable bonds is 7. The summed E-state index contributed by atoms with van der Waals surface area (Å²) < 4.78 is 5.10. The van der Waals surface area contributed by atoms with Crippen LogP contribution >= 0.6 is 11.6 Å². The number of aliphatic carboxylic acids is 1. The van der Waals surface area contributed by atoms with Gasteiger partial charge in [-0.1, -0.05) is 31.5 Å². The highest BCUT2D eigenvalue weighted by Crippen LogP contribution is 2.25. The second-order valence-electron chi connectivity index (χ2n) is 4.54. The topological polar surface area (TPSA) is 49.8 Å². The molecule has 19 heavy (non-hydrogen) atoms. The minimum atomic E-state index is -0.772.